The summed E-state index contributed by atoms with van der Waals surface area (Å²) in [5.74, 6) is 0. The van der Waals surface area contributed by atoms with Gasteiger partial charge in [-0.05, 0) is 35.0 Å². The Morgan fingerprint density at radius 3 is 2.73 bits per heavy atom. The van der Waals surface area contributed by atoms with Crippen molar-refractivity contribution in [3.8, 4) is 0 Å². The summed E-state index contributed by atoms with van der Waals surface area (Å²) in [6, 6.07) is 4.57. The third kappa shape index (κ3) is 2.77. The normalized spacial score (nSPS) is 20.1. The molecule has 4 heteroatoms. The van der Waals surface area contributed by atoms with E-state index >= 15 is 0 Å². The zero-order chi connectivity index (χ0) is 10.7. The third-order valence-electron chi connectivity index (χ3n) is 2.88. The second-order valence-electron chi connectivity index (χ2n) is 3.86. The number of pyridine rings is 1. The van der Waals surface area contributed by atoms with E-state index < -0.39 is 0 Å². The topological polar surface area (TPSA) is 28.2 Å². The fourth-order valence-corrected chi connectivity index (χ4v) is 2.13. The molecule has 2 heterocycles. The molecule has 0 unspecified atom stereocenters. The monoisotopic (exact) mass is 269 g/mol. The van der Waals surface area contributed by atoms with Crippen molar-refractivity contribution >= 4 is 15.9 Å². The van der Waals surface area contributed by atoms with E-state index in [1.54, 1.807) is 0 Å². The van der Waals surface area contributed by atoms with Crippen LogP contribution < -0.4 is 5.32 Å². The van der Waals surface area contributed by atoms with Crippen LogP contribution in [0.25, 0.3) is 0 Å². The highest BCUT2D eigenvalue weighted by molar-refractivity contribution is 9.10. The summed E-state index contributed by atoms with van der Waals surface area (Å²) in [5.41, 5.74) is 1.15. The Labute approximate surface area is 99.0 Å². The van der Waals surface area contributed by atoms with Gasteiger partial charge in [0, 0.05) is 42.9 Å². The summed E-state index contributed by atoms with van der Waals surface area (Å²) in [7, 11) is 0. The molecular weight excluding hydrogens is 254 g/mol. The lowest BCUT2D eigenvalue weighted by atomic mass is 10.1. The van der Waals surface area contributed by atoms with E-state index in [-0.39, 0.29) is 0 Å². The molecule has 1 N–H and O–H groups in total. The van der Waals surface area contributed by atoms with Gasteiger partial charge in [-0.1, -0.05) is 0 Å². The van der Waals surface area contributed by atoms with Gasteiger partial charge < -0.3 is 5.32 Å². The minimum absolute atomic E-state index is 0.417. The Morgan fingerprint density at radius 2 is 2.13 bits per heavy atom. The maximum Gasteiger partial charge on any atom is 0.0573 e. The van der Waals surface area contributed by atoms with E-state index in [0.717, 1.165) is 36.3 Å². The minimum Gasteiger partial charge on any atom is -0.314 e. The molecule has 0 bridgehead atoms. The van der Waals surface area contributed by atoms with E-state index in [0.29, 0.717) is 6.04 Å². The molecule has 15 heavy (non-hydrogen) atoms. The Hall–Kier alpha value is -0.450. The number of hydrogen-bond acceptors (Lipinski definition) is 3. The molecule has 1 aromatic heterocycles. The largest absolute Gasteiger partial charge is 0.314 e. The van der Waals surface area contributed by atoms with Crippen LogP contribution in [0.1, 0.15) is 18.7 Å². The lowest BCUT2D eigenvalue weighted by Gasteiger charge is -2.32. The van der Waals surface area contributed by atoms with Crippen LogP contribution in [0.2, 0.25) is 0 Å². The molecule has 1 fully saturated rings. The van der Waals surface area contributed by atoms with E-state index in [2.05, 4.69) is 50.2 Å². The fourth-order valence-electron chi connectivity index (χ4n) is 1.89. The summed E-state index contributed by atoms with van der Waals surface area (Å²) in [6.07, 6.45) is 1.87. The molecule has 0 saturated carbocycles. The molecule has 82 valence electrons. The highest BCUT2D eigenvalue weighted by atomic mass is 79.9. The van der Waals surface area contributed by atoms with Crippen molar-refractivity contribution in [2.75, 3.05) is 26.2 Å². The molecule has 3 nitrogen and oxygen atoms in total. The first kappa shape index (κ1) is 11.0. The van der Waals surface area contributed by atoms with Gasteiger partial charge in [-0.25, -0.2) is 0 Å². The molecule has 1 aliphatic rings. The van der Waals surface area contributed by atoms with E-state index in [9.17, 15) is 0 Å². The van der Waals surface area contributed by atoms with Gasteiger partial charge in [0.15, 0.2) is 0 Å². The van der Waals surface area contributed by atoms with Crippen LogP contribution in [0.3, 0.4) is 0 Å². The number of rotatable bonds is 2. The first-order chi connectivity index (χ1) is 7.27. The predicted molar refractivity (Wildman–Crippen MR) is 64.8 cm³/mol. The van der Waals surface area contributed by atoms with Crippen LogP contribution in [0.4, 0.5) is 0 Å². The smallest absolute Gasteiger partial charge is 0.0573 e. The van der Waals surface area contributed by atoms with Crippen molar-refractivity contribution in [1.29, 1.82) is 0 Å². The van der Waals surface area contributed by atoms with Gasteiger partial charge in [-0.15, -0.1) is 0 Å². The average molecular weight is 270 g/mol. The highest BCUT2D eigenvalue weighted by Crippen LogP contribution is 2.19. The van der Waals surface area contributed by atoms with Gasteiger partial charge in [0.05, 0.1) is 5.69 Å². The molecule has 1 aliphatic heterocycles. The molecular formula is C11H16BrN3. The lowest BCUT2D eigenvalue weighted by Crippen LogP contribution is -2.44. The van der Waals surface area contributed by atoms with Gasteiger partial charge in [-0.3, -0.25) is 9.88 Å². The number of hydrogen-bond donors (Lipinski definition) is 1. The molecule has 0 aromatic carbocycles. The van der Waals surface area contributed by atoms with Gasteiger partial charge >= 0.3 is 0 Å². The van der Waals surface area contributed by atoms with Crippen LogP contribution in [0, 0.1) is 0 Å². The molecule has 1 atom stereocenters. The van der Waals surface area contributed by atoms with Crippen LogP contribution in [-0.4, -0.2) is 36.1 Å². The first-order valence-electron chi connectivity index (χ1n) is 5.33. The van der Waals surface area contributed by atoms with Crippen LogP contribution in [-0.2, 0) is 0 Å². The molecule has 0 aliphatic carbocycles. The van der Waals surface area contributed by atoms with Crippen molar-refractivity contribution in [1.82, 2.24) is 15.2 Å². The molecule has 0 spiro atoms. The second-order valence-corrected chi connectivity index (χ2v) is 4.78. The fraction of sp³-hybridized carbons (Fsp3) is 0.545. The van der Waals surface area contributed by atoms with E-state index in [1.165, 1.54) is 0 Å². The standard InChI is InChI=1S/C11H16BrN3/c1-9(15-6-4-13-5-7-15)11-3-2-10(12)8-14-11/h2-3,8-9,13H,4-7H2,1H3/t9-/m0/s1. The van der Waals surface area contributed by atoms with Crippen molar-refractivity contribution in [2.45, 2.75) is 13.0 Å². The van der Waals surface area contributed by atoms with Gasteiger partial charge in [0.1, 0.15) is 0 Å². The number of aromatic nitrogens is 1. The molecule has 2 rings (SSSR count). The van der Waals surface area contributed by atoms with Gasteiger partial charge in [0.25, 0.3) is 0 Å². The zero-order valence-corrected chi connectivity index (χ0v) is 10.5. The number of nitrogens with one attached hydrogen (secondary N) is 1. The lowest BCUT2D eigenvalue weighted by molar-refractivity contribution is 0.182. The van der Waals surface area contributed by atoms with Crippen molar-refractivity contribution < 1.29 is 0 Å². The predicted octanol–water partition coefficient (Wildman–Crippen LogP) is 1.81. The quantitative estimate of drug-likeness (QED) is 0.888. The van der Waals surface area contributed by atoms with E-state index in [4.69, 9.17) is 0 Å². The first-order valence-corrected chi connectivity index (χ1v) is 6.13. The second kappa shape index (κ2) is 5.05. The summed E-state index contributed by atoms with van der Waals surface area (Å²) in [5, 5.41) is 3.36. The van der Waals surface area contributed by atoms with E-state index in [1.807, 2.05) is 6.20 Å². The Bertz CT molecular complexity index is 306. The SMILES string of the molecule is C[C@@H](c1ccc(Br)cn1)N1CCNCC1. The molecule has 1 saturated heterocycles. The number of halogens is 1. The summed E-state index contributed by atoms with van der Waals surface area (Å²) in [6.45, 7) is 6.61. The molecule has 0 radical (unpaired) electrons. The Kier molecular flexibility index (Phi) is 3.72. The summed E-state index contributed by atoms with van der Waals surface area (Å²) < 4.78 is 1.04. The summed E-state index contributed by atoms with van der Waals surface area (Å²) in [4.78, 5) is 6.91. The van der Waals surface area contributed by atoms with Crippen LogP contribution >= 0.6 is 15.9 Å². The maximum atomic E-state index is 4.44. The molecule has 0 amide bonds. The highest BCUT2D eigenvalue weighted by Gasteiger charge is 2.18. The van der Waals surface area contributed by atoms with Crippen LogP contribution in [0.15, 0.2) is 22.8 Å². The third-order valence-corrected chi connectivity index (χ3v) is 3.35. The van der Waals surface area contributed by atoms with Crippen molar-refractivity contribution in [3.63, 3.8) is 0 Å². The zero-order valence-electron chi connectivity index (χ0n) is 8.91. The minimum atomic E-state index is 0.417. The molecule has 1 aromatic rings. The average Bonchev–Trinajstić information content (AvgIpc) is 2.30. The van der Waals surface area contributed by atoms with Gasteiger partial charge in [-0.2, -0.15) is 0 Å². The van der Waals surface area contributed by atoms with Gasteiger partial charge in [0.2, 0.25) is 0 Å². The Balaban J connectivity index is 2.05. The maximum absolute atomic E-state index is 4.44. The number of nitrogens with zero attached hydrogens (tertiary/aromatic N) is 2. The summed E-state index contributed by atoms with van der Waals surface area (Å²) >= 11 is 3.40. The van der Waals surface area contributed by atoms with Crippen LogP contribution in [0.5, 0.6) is 0 Å². The Morgan fingerprint density at radius 1 is 1.40 bits per heavy atom. The number of piperazine rings is 1. The van der Waals surface area contributed by atoms with Crippen molar-refractivity contribution in [3.05, 3.63) is 28.5 Å². The van der Waals surface area contributed by atoms with Crippen molar-refractivity contribution in [2.24, 2.45) is 0 Å².